The van der Waals surface area contributed by atoms with Crippen molar-refractivity contribution in [2.45, 2.75) is 12.5 Å². The van der Waals surface area contributed by atoms with E-state index in [2.05, 4.69) is 0 Å². The van der Waals surface area contributed by atoms with Crippen molar-refractivity contribution in [2.24, 2.45) is 0 Å². The second-order valence-electron chi connectivity index (χ2n) is 3.93. The molecule has 1 atom stereocenters. The van der Waals surface area contributed by atoms with Crippen molar-refractivity contribution in [3.05, 3.63) is 28.8 Å². The fourth-order valence-electron chi connectivity index (χ4n) is 1.81. The van der Waals surface area contributed by atoms with Crippen LogP contribution in [0.5, 0.6) is 0 Å². The Morgan fingerprint density at radius 1 is 1.56 bits per heavy atom. The SMILES string of the molecule is Nc1ccc(Cl)cc1C(=O)N1CC[C@H](O)C1. The largest absolute Gasteiger partial charge is 0.398 e. The minimum absolute atomic E-state index is 0.170. The highest BCUT2D eigenvalue weighted by Crippen LogP contribution is 2.21. The van der Waals surface area contributed by atoms with Gasteiger partial charge < -0.3 is 15.7 Å². The number of anilines is 1. The summed E-state index contributed by atoms with van der Waals surface area (Å²) in [5.74, 6) is -0.170. The van der Waals surface area contributed by atoms with Gasteiger partial charge >= 0.3 is 0 Å². The van der Waals surface area contributed by atoms with Gasteiger partial charge in [-0.1, -0.05) is 11.6 Å². The first-order valence-electron chi connectivity index (χ1n) is 5.10. The molecular weight excluding hydrogens is 228 g/mol. The van der Waals surface area contributed by atoms with E-state index in [1.165, 1.54) is 0 Å². The maximum Gasteiger partial charge on any atom is 0.256 e. The van der Waals surface area contributed by atoms with E-state index in [4.69, 9.17) is 17.3 Å². The number of β-amino-alcohol motifs (C(OH)–C–C–N with tert-alkyl or cyclic N) is 1. The maximum absolute atomic E-state index is 12.0. The average molecular weight is 241 g/mol. The molecule has 0 spiro atoms. The van der Waals surface area contributed by atoms with Crippen LogP contribution in [0.1, 0.15) is 16.8 Å². The molecule has 1 aliphatic heterocycles. The number of likely N-dealkylation sites (tertiary alicyclic amines) is 1. The van der Waals surface area contributed by atoms with Crippen molar-refractivity contribution < 1.29 is 9.90 Å². The standard InChI is InChI=1S/C11H13ClN2O2/c12-7-1-2-10(13)9(5-7)11(16)14-4-3-8(15)6-14/h1-2,5,8,15H,3-4,6,13H2/t8-/m0/s1. The zero-order valence-corrected chi connectivity index (χ0v) is 9.44. The van der Waals surface area contributed by atoms with Crippen LogP contribution in [-0.2, 0) is 0 Å². The highest BCUT2D eigenvalue weighted by Gasteiger charge is 2.26. The number of benzene rings is 1. The van der Waals surface area contributed by atoms with E-state index < -0.39 is 6.10 Å². The number of nitrogens with two attached hydrogens (primary N) is 1. The Morgan fingerprint density at radius 2 is 2.31 bits per heavy atom. The molecule has 0 aromatic heterocycles. The fraction of sp³-hybridized carbons (Fsp3) is 0.364. The summed E-state index contributed by atoms with van der Waals surface area (Å²) < 4.78 is 0. The second kappa shape index (κ2) is 4.31. The van der Waals surface area contributed by atoms with Crippen LogP contribution >= 0.6 is 11.6 Å². The van der Waals surface area contributed by atoms with E-state index in [0.717, 1.165) is 0 Å². The van der Waals surface area contributed by atoms with Crippen molar-refractivity contribution in [2.75, 3.05) is 18.8 Å². The van der Waals surface area contributed by atoms with E-state index >= 15 is 0 Å². The molecule has 0 unspecified atom stereocenters. The Hall–Kier alpha value is -1.26. The number of amides is 1. The number of carbonyl (C=O) groups is 1. The zero-order chi connectivity index (χ0) is 11.7. The van der Waals surface area contributed by atoms with Gasteiger partial charge in [-0.15, -0.1) is 0 Å². The van der Waals surface area contributed by atoms with E-state index in [1.54, 1.807) is 23.1 Å². The predicted octanol–water partition coefficient (Wildman–Crippen LogP) is 1.13. The zero-order valence-electron chi connectivity index (χ0n) is 8.69. The molecule has 0 radical (unpaired) electrons. The number of rotatable bonds is 1. The van der Waals surface area contributed by atoms with Crippen molar-refractivity contribution in [3.8, 4) is 0 Å². The molecule has 1 aromatic carbocycles. The highest BCUT2D eigenvalue weighted by atomic mass is 35.5. The molecule has 16 heavy (non-hydrogen) atoms. The van der Waals surface area contributed by atoms with Crippen molar-refractivity contribution in [3.63, 3.8) is 0 Å². The van der Waals surface area contributed by atoms with Crippen molar-refractivity contribution in [1.82, 2.24) is 4.90 Å². The Bertz CT molecular complexity index is 422. The normalized spacial score (nSPS) is 20.1. The van der Waals surface area contributed by atoms with Crippen molar-refractivity contribution in [1.29, 1.82) is 0 Å². The van der Waals surface area contributed by atoms with E-state index in [-0.39, 0.29) is 5.91 Å². The van der Waals surface area contributed by atoms with Crippen LogP contribution in [0.25, 0.3) is 0 Å². The number of hydrogen-bond donors (Lipinski definition) is 2. The third-order valence-corrected chi connectivity index (χ3v) is 2.93. The van der Waals surface area contributed by atoms with Gasteiger partial charge in [0.15, 0.2) is 0 Å². The molecular formula is C11H13ClN2O2. The Balaban J connectivity index is 2.23. The minimum atomic E-state index is -0.427. The Morgan fingerprint density at radius 3 is 2.94 bits per heavy atom. The number of aliphatic hydroxyl groups is 1. The summed E-state index contributed by atoms with van der Waals surface area (Å²) in [6.07, 6.45) is 0.191. The maximum atomic E-state index is 12.0. The van der Waals surface area contributed by atoms with Crippen LogP contribution in [0.15, 0.2) is 18.2 Å². The van der Waals surface area contributed by atoms with Crippen LogP contribution in [0.4, 0.5) is 5.69 Å². The summed E-state index contributed by atoms with van der Waals surface area (Å²) in [5, 5.41) is 9.85. The molecule has 2 rings (SSSR count). The monoisotopic (exact) mass is 240 g/mol. The number of aliphatic hydroxyl groups excluding tert-OH is 1. The predicted molar refractivity (Wildman–Crippen MR) is 62.4 cm³/mol. The third kappa shape index (κ3) is 2.13. The van der Waals surface area contributed by atoms with Crippen LogP contribution < -0.4 is 5.73 Å². The van der Waals surface area contributed by atoms with Crippen LogP contribution in [-0.4, -0.2) is 35.1 Å². The van der Waals surface area contributed by atoms with Gasteiger partial charge in [-0.2, -0.15) is 0 Å². The summed E-state index contributed by atoms with van der Waals surface area (Å²) in [5.41, 5.74) is 6.54. The van der Waals surface area contributed by atoms with Gasteiger partial charge in [0, 0.05) is 23.8 Å². The first-order chi connectivity index (χ1) is 7.58. The molecule has 1 fully saturated rings. The van der Waals surface area contributed by atoms with Crippen molar-refractivity contribution >= 4 is 23.2 Å². The summed E-state index contributed by atoms with van der Waals surface area (Å²) in [4.78, 5) is 13.6. The molecule has 1 saturated heterocycles. The topological polar surface area (TPSA) is 66.6 Å². The molecule has 0 saturated carbocycles. The van der Waals surface area contributed by atoms with E-state index in [0.29, 0.717) is 35.8 Å². The Kier molecular flexibility index (Phi) is 3.03. The highest BCUT2D eigenvalue weighted by molar-refractivity contribution is 6.31. The van der Waals surface area contributed by atoms with Gasteiger partial charge in [-0.25, -0.2) is 0 Å². The van der Waals surface area contributed by atoms with Gasteiger partial charge in [-0.3, -0.25) is 4.79 Å². The minimum Gasteiger partial charge on any atom is -0.398 e. The second-order valence-corrected chi connectivity index (χ2v) is 4.36. The van der Waals surface area contributed by atoms with Gasteiger partial charge in [0.1, 0.15) is 0 Å². The number of nitrogens with zero attached hydrogens (tertiary/aromatic N) is 1. The van der Waals surface area contributed by atoms with Gasteiger partial charge in [0.2, 0.25) is 0 Å². The molecule has 1 aromatic rings. The number of hydrogen-bond acceptors (Lipinski definition) is 3. The number of nitrogen functional groups attached to an aromatic ring is 1. The lowest BCUT2D eigenvalue weighted by Crippen LogP contribution is -2.30. The summed E-state index contributed by atoms with van der Waals surface area (Å²) in [6, 6.07) is 4.82. The first-order valence-corrected chi connectivity index (χ1v) is 5.48. The summed E-state index contributed by atoms with van der Waals surface area (Å²) in [6.45, 7) is 0.927. The van der Waals surface area contributed by atoms with Crippen LogP contribution in [0.3, 0.4) is 0 Å². The molecule has 1 amide bonds. The lowest BCUT2D eigenvalue weighted by atomic mass is 10.1. The van der Waals surface area contributed by atoms with Gasteiger partial charge in [-0.05, 0) is 24.6 Å². The lowest BCUT2D eigenvalue weighted by molar-refractivity contribution is 0.0766. The molecule has 3 N–H and O–H groups in total. The number of carbonyl (C=O) groups excluding carboxylic acids is 1. The molecule has 86 valence electrons. The molecule has 1 aliphatic rings. The summed E-state index contributed by atoms with van der Waals surface area (Å²) in [7, 11) is 0. The smallest absolute Gasteiger partial charge is 0.256 e. The quantitative estimate of drug-likeness (QED) is 0.724. The van der Waals surface area contributed by atoms with Gasteiger partial charge in [0.05, 0.1) is 11.7 Å². The van der Waals surface area contributed by atoms with Crippen LogP contribution in [0, 0.1) is 0 Å². The summed E-state index contributed by atoms with van der Waals surface area (Å²) >= 11 is 5.82. The Labute approximate surface area is 98.6 Å². The molecule has 5 heteroatoms. The first kappa shape index (κ1) is 11.2. The molecule has 0 bridgehead atoms. The lowest BCUT2D eigenvalue weighted by Gasteiger charge is -2.16. The van der Waals surface area contributed by atoms with Gasteiger partial charge in [0.25, 0.3) is 5.91 Å². The number of halogens is 1. The van der Waals surface area contributed by atoms with E-state index in [9.17, 15) is 9.90 Å². The fourth-order valence-corrected chi connectivity index (χ4v) is 1.98. The molecule has 4 nitrogen and oxygen atoms in total. The molecule has 0 aliphatic carbocycles. The van der Waals surface area contributed by atoms with Crippen LogP contribution in [0.2, 0.25) is 5.02 Å². The average Bonchev–Trinajstić information content (AvgIpc) is 2.67. The van der Waals surface area contributed by atoms with E-state index in [1.807, 2.05) is 0 Å². The third-order valence-electron chi connectivity index (χ3n) is 2.70. The molecule has 1 heterocycles.